The summed E-state index contributed by atoms with van der Waals surface area (Å²) < 4.78 is 111. The lowest BCUT2D eigenvalue weighted by atomic mass is 10.1. The molecular formula is C33H46N15O23P4+. The summed E-state index contributed by atoms with van der Waals surface area (Å²) >= 11 is 0. The molecule has 6 aromatic rings. The highest BCUT2D eigenvalue weighted by atomic mass is 31.3. The zero-order valence-corrected chi connectivity index (χ0v) is 42.1. The van der Waals surface area contributed by atoms with Crippen molar-refractivity contribution in [3.63, 3.8) is 0 Å². The van der Waals surface area contributed by atoms with Crippen LogP contribution in [0.3, 0.4) is 0 Å². The predicted molar refractivity (Wildman–Crippen MR) is 243 cm³/mol. The van der Waals surface area contributed by atoms with Crippen molar-refractivity contribution >= 4 is 82.3 Å². The van der Waals surface area contributed by atoms with Gasteiger partial charge in [-0.05, 0) is 0 Å². The van der Waals surface area contributed by atoms with Crippen LogP contribution in [0.2, 0.25) is 0 Å². The zero-order valence-electron chi connectivity index (χ0n) is 38.5. The lowest BCUT2D eigenvalue weighted by molar-refractivity contribution is -0.745. The summed E-state index contributed by atoms with van der Waals surface area (Å²) in [5, 5.41) is 43.3. The van der Waals surface area contributed by atoms with Crippen LogP contribution in [0.4, 0.5) is 17.7 Å². The number of aryl methyl sites for hydroxylation is 1. The molecule has 3 aliphatic heterocycles. The van der Waals surface area contributed by atoms with Gasteiger partial charge in [-0.2, -0.15) is 13.6 Å². The number of nitrogens with one attached hydrogen (secondary N) is 2. The Morgan fingerprint density at radius 3 is 1.95 bits per heavy atom. The van der Waals surface area contributed by atoms with Gasteiger partial charge in [0.2, 0.25) is 17.7 Å². The Kier molecular flexibility index (Phi) is 14.8. The minimum atomic E-state index is -6.16. The standard InChI is InChI=1S/C33H45N15O23P4/c1-45-10-48(26-16(45)28(54)44-33(36)42-26)30-20(52)18(50)12(67-30)5-64-73(56,57)70-75(60,61)71-74(58,59)65-6-13-21(22(62-2)31(68-13)46-8-39-14-23(34)37-7-38-24(14)46)69-72(3,55)63-4-11-17(49)19(51)29(66-11)47-9-40-15-25(47)41-32(35)43-27(15)53/h7-13,17-22,29-31,49-52H,4-6H2,1-3H3,(H10-,34,35,36,37,38,41,42,43,44,53,54,56,57,58,59,60,61)/p+1. The van der Waals surface area contributed by atoms with Crippen molar-refractivity contribution in [1.82, 2.24) is 53.6 Å². The number of rotatable bonds is 19. The van der Waals surface area contributed by atoms with Crippen molar-refractivity contribution in [2.24, 2.45) is 7.05 Å². The van der Waals surface area contributed by atoms with Crippen molar-refractivity contribution in [2.45, 2.75) is 73.6 Å². The highest BCUT2D eigenvalue weighted by Crippen LogP contribution is 2.68. The van der Waals surface area contributed by atoms with Crippen LogP contribution in [0.1, 0.15) is 18.7 Å². The van der Waals surface area contributed by atoms with Crippen molar-refractivity contribution in [1.29, 1.82) is 0 Å². The molecule has 6 aromatic heterocycles. The molecule has 0 saturated carbocycles. The minimum absolute atomic E-state index is 0.0141. The van der Waals surface area contributed by atoms with E-state index in [4.69, 9.17) is 54.2 Å². The number of aromatic amines is 2. The molecule has 410 valence electrons. The SMILES string of the molecule is COC1C(OP(C)(=O)OCC2OC(n3cnc4c(=O)[nH]c(N)nc43)C(O)C2O)C(COP(=O)(O)OP(=O)(O)OP(=O)(O)OCC2OC([n+]3cn(C)c4c(=O)[nH]c(N)nc43)C(O)C2O)OC1n1cnc2c(N)ncnc21. The van der Waals surface area contributed by atoms with Crippen LogP contribution in [0.15, 0.2) is 34.9 Å². The van der Waals surface area contributed by atoms with Crippen LogP contribution >= 0.6 is 31.1 Å². The highest BCUT2D eigenvalue weighted by Gasteiger charge is 2.53. The first-order chi connectivity index (χ1) is 35.2. The number of aliphatic hydroxyl groups is 4. The van der Waals surface area contributed by atoms with E-state index in [9.17, 15) is 63.0 Å². The molecule has 0 amide bonds. The second kappa shape index (κ2) is 20.4. The second-order valence-electron chi connectivity index (χ2n) is 16.8. The number of anilines is 3. The molecule has 16 atom stereocenters. The molecule has 0 aliphatic carbocycles. The van der Waals surface area contributed by atoms with Gasteiger partial charge in [-0.15, -0.1) is 0 Å². The van der Waals surface area contributed by atoms with Gasteiger partial charge in [0.25, 0.3) is 17.1 Å². The van der Waals surface area contributed by atoms with E-state index in [0.717, 1.165) is 28.5 Å². The van der Waals surface area contributed by atoms with E-state index in [0.29, 0.717) is 0 Å². The van der Waals surface area contributed by atoms with Crippen LogP contribution in [0.25, 0.3) is 33.5 Å². The van der Waals surface area contributed by atoms with Crippen LogP contribution in [-0.4, -0.2) is 177 Å². The number of aliphatic hydroxyl groups excluding tert-OH is 4. The van der Waals surface area contributed by atoms with E-state index >= 15 is 0 Å². The average Bonchev–Trinajstić information content (AvgIpc) is 4.17. The van der Waals surface area contributed by atoms with E-state index in [1.165, 1.54) is 35.9 Å². The number of methoxy groups -OCH3 is 1. The summed E-state index contributed by atoms with van der Waals surface area (Å²) in [7, 11) is -19.7. The summed E-state index contributed by atoms with van der Waals surface area (Å²) in [6.45, 7) is -2.05. The number of fused-ring (bicyclic) bond motifs is 3. The number of hydrogen-bond donors (Lipinski definition) is 12. The lowest BCUT2D eigenvalue weighted by Crippen LogP contribution is -2.46. The number of phosphoric acid groups is 3. The summed E-state index contributed by atoms with van der Waals surface area (Å²) in [4.78, 5) is 85.0. The molecule has 3 fully saturated rings. The Balaban J connectivity index is 0.862. The van der Waals surface area contributed by atoms with Gasteiger partial charge in [0.15, 0.2) is 41.4 Å². The number of H-pyrrole nitrogens is 2. The average molecular weight is 1140 g/mol. The number of imidazole rings is 3. The molecule has 9 rings (SSSR count). The van der Waals surface area contributed by atoms with E-state index in [2.05, 4.69) is 48.5 Å². The first-order valence-corrected chi connectivity index (χ1v) is 27.9. The molecule has 0 radical (unpaired) electrons. The molecule has 75 heavy (non-hydrogen) atoms. The van der Waals surface area contributed by atoms with Gasteiger partial charge in [0, 0.05) is 13.8 Å². The third-order valence-electron chi connectivity index (χ3n) is 11.7. The molecule has 0 spiro atoms. The maximum atomic E-state index is 14.1. The number of hydrogen-bond acceptors (Lipinski definition) is 29. The predicted octanol–water partition coefficient (Wildman–Crippen LogP) is -3.99. The van der Waals surface area contributed by atoms with Crippen molar-refractivity contribution < 1.29 is 104 Å². The Morgan fingerprint density at radius 1 is 0.693 bits per heavy atom. The largest absolute Gasteiger partial charge is 0.490 e. The molecular weight excluding hydrogens is 1100 g/mol. The Labute approximate surface area is 416 Å². The van der Waals surface area contributed by atoms with E-state index in [-0.39, 0.29) is 51.2 Å². The quantitative estimate of drug-likeness (QED) is 0.0272. The van der Waals surface area contributed by atoms with Crippen molar-refractivity contribution in [2.75, 3.05) is 50.8 Å². The number of nitrogen functional groups attached to an aromatic ring is 3. The molecule has 3 aliphatic rings. The third kappa shape index (κ3) is 10.9. The smallest absolute Gasteiger partial charge is 0.387 e. The van der Waals surface area contributed by atoms with Crippen LogP contribution < -0.4 is 32.9 Å². The monoisotopic (exact) mass is 1140 g/mol. The first-order valence-electron chi connectivity index (χ1n) is 21.4. The maximum Gasteiger partial charge on any atom is 0.490 e. The summed E-state index contributed by atoms with van der Waals surface area (Å²) in [6.07, 6.45) is -14.5. The van der Waals surface area contributed by atoms with Crippen molar-refractivity contribution in [3.8, 4) is 0 Å². The number of nitrogens with zero attached hydrogens (tertiary/aromatic N) is 10. The van der Waals surface area contributed by atoms with E-state index < -0.39 is 136 Å². The van der Waals surface area contributed by atoms with E-state index in [1.807, 2.05) is 0 Å². The highest BCUT2D eigenvalue weighted by molar-refractivity contribution is 7.66. The maximum absolute atomic E-state index is 14.1. The van der Waals surface area contributed by atoms with Gasteiger partial charge < -0.3 is 75.8 Å². The third-order valence-corrected chi connectivity index (χ3v) is 17.2. The molecule has 42 heteroatoms. The summed E-state index contributed by atoms with van der Waals surface area (Å²) in [6, 6.07) is 0. The molecule has 3 saturated heterocycles. The fourth-order valence-electron chi connectivity index (χ4n) is 8.40. The van der Waals surface area contributed by atoms with Crippen LogP contribution in [0, 0.1) is 0 Å². The lowest BCUT2D eigenvalue weighted by Gasteiger charge is -2.27. The fourth-order valence-corrected chi connectivity index (χ4v) is 13.1. The number of phosphoric ester groups is 2. The van der Waals surface area contributed by atoms with Gasteiger partial charge >= 0.3 is 36.7 Å². The first kappa shape index (κ1) is 54.7. The molecule has 16 unspecified atom stereocenters. The normalized spacial score (nSPS) is 30.5. The molecule has 0 bridgehead atoms. The van der Waals surface area contributed by atoms with Gasteiger partial charge in [0.05, 0.1) is 39.5 Å². The summed E-state index contributed by atoms with van der Waals surface area (Å²) in [5.41, 5.74) is 15.7. The number of aromatic nitrogens is 12. The van der Waals surface area contributed by atoms with Crippen LogP contribution in [-0.2, 0) is 71.0 Å². The van der Waals surface area contributed by atoms with Gasteiger partial charge in [0.1, 0.15) is 66.8 Å². The van der Waals surface area contributed by atoms with Crippen LogP contribution in [0.5, 0.6) is 0 Å². The van der Waals surface area contributed by atoms with Gasteiger partial charge in [-0.1, -0.05) is 4.98 Å². The summed E-state index contributed by atoms with van der Waals surface area (Å²) in [5.74, 6) is -0.634. The minimum Gasteiger partial charge on any atom is -0.387 e. The Hall–Kier alpha value is -5.11. The zero-order chi connectivity index (χ0) is 54.3. The molecule has 0 aromatic carbocycles. The van der Waals surface area contributed by atoms with Gasteiger partial charge in [-0.25, -0.2) is 38.2 Å². The van der Waals surface area contributed by atoms with Crippen molar-refractivity contribution in [3.05, 3.63) is 46.0 Å². The Morgan fingerprint density at radius 2 is 1.27 bits per heavy atom. The molecule has 38 nitrogen and oxygen atoms in total. The van der Waals surface area contributed by atoms with Gasteiger partial charge in [-0.3, -0.25) is 51.4 Å². The Bertz CT molecular complexity index is 3470. The molecule has 15 N–H and O–H groups in total. The number of nitrogens with two attached hydrogens (primary N) is 3. The number of ether oxygens (including phenoxy) is 4. The van der Waals surface area contributed by atoms with E-state index in [1.54, 1.807) is 0 Å². The topological polar surface area (TPSA) is 542 Å². The fraction of sp³-hybridized carbons (Fsp3) is 0.545. The second-order valence-corrected chi connectivity index (χ2v) is 23.4. The molecule has 9 heterocycles.